The van der Waals surface area contributed by atoms with Crippen LogP contribution in [0.3, 0.4) is 0 Å². The van der Waals surface area contributed by atoms with Gasteiger partial charge < -0.3 is 10.6 Å². The molecule has 17 heavy (non-hydrogen) atoms. The van der Waals surface area contributed by atoms with Crippen molar-refractivity contribution in [2.24, 2.45) is 0 Å². The lowest BCUT2D eigenvalue weighted by Gasteiger charge is -2.14. The SMILES string of the molecule is CCN(C)CCNS(=O)(=O)c1ncccc1N. The molecule has 0 unspecified atom stereocenters. The third-order valence-electron chi connectivity index (χ3n) is 2.38. The minimum atomic E-state index is -3.61. The summed E-state index contributed by atoms with van der Waals surface area (Å²) < 4.78 is 26.2. The van der Waals surface area contributed by atoms with E-state index in [-0.39, 0.29) is 10.7 Å². The number of hydrogen-bond donors (Lipinski definition) is 2. The minimum Gasteiger partial charge on any atom is -0.396 e. The molecule has 0 radical (unpaired) electrons. The largest absolute Gasteiger partial charge is 0.396 e. The fraction of sp³-hybridized carbons (Fsp3) is 0.500. The Morgan fingerprint density at radius 3 is 2.82 bits per heavy atom. The molecule has 0 spiro atoms. The summed E-state index contributed by atoms with van der Waals surface area (Å²) in [5, 5.41) is -0.112. The van der Waals surface area contributed by atoms with Gasteiger partial charge in [-0.1, -0.05) is 6.92 Å². The van der Waals surface area contributed by atoms with Crippen LogP contribution in [-0.2, 0) is 10.0 Å². The lowest BCUT2D eigenvalue weighted by molar-refractivity contribution is 0.358. The van der Waals surface area contributed by atoms with Crippen molar-refractivity contribution in [1.82, 2.24) is 14.6 Å². The molecule has 0 aliphatic heterocycles. The molecule has 0 aliphatic carbocycles. The first-order valence-electron chi connectivity index (χ1n) is 5.36. The maximum absolute atomic E-state index is 11.9. The quantitative estimate of drug-likeness (QED) is 0.743. The summed E-state index contributed by atoms with van der Waals surface area (Å²) in [6.07, 6.45) is 1.41. The van der Waals surface area contributed by atoms with Gasteiger partial charge in [-0.05, 0) is 25.7 Å². The Labute approximate surface area is 102 Å². The van der Waals surface area contributed by atoms with Gasteiger partial charge in [0.15, 0.2) is 5.03 Å². The Morgan fingerprint density at radius 2 is 2.24 bits per heavy atom. The van der Waals surface area contributed by atoms with Crippen LogP contribution >= 0.6 is 0 Å². The van der Waals surface area contributed by atoms with E-state index in [1.165, 1.54) is 12.3 Å². The van der Waals surface area contributed by atoms with E-state index in [4.69, 9.17) is 5.73 Å². The van der Waals surface area contributed by atoms with Gasteiger partial charge in [0, 0.05) is 19.3 Å². The van der Waals surface area contributed by atoms with E-state index < -0.39 is 10.0 Å². The third-order valence-corrected chi connectivity index (χ3v) is 3.81. The summed E-state index contributed by atoms with van der Waals surface area (Å²) in [6, 6.07) is 3.11. The predicted molar refractivity (Wildman–Crippen MR) is 67.0 cm³/mol. The van der Waals surface area contributed by atoms with Crippen molar-refractivity contribution in [3.05, 3.63) is 18.3 Å². The summed E-state index contributed by atoms with van der Waals surface area (Å²) in [6.45, 7) is 3.85. The smallest absolute Gasteiger partial charge is 0.260 e. The predicted octanol–water partition coefficient (Wildman–Crippen LogP) is -0.106. The van der Waals surface area contributed by atoms with Crippen molar-refractivity contribution in [3.63, 3.8) is 0 Å². The molecule has 0 fully saturated rings. The number of nitrogens with zero attached hydrogens (tertiary/aromatic N) is 2. The van der Waals surface area contributed by atoms with Gasteiger partial charge in [-0.25, -0.2) is 18.1 Å². The van der Waals surface area contributed by atoms with Crippen LogP contribution in [0, 0.1) is 0 Å². The van der Waals surface area contributed by atoms with Gasteiger partial charge in [0.05, 0.1) is 5.69 Å². The molecule has 1 aromatic rings. The number of sulfonamides is 1. The summed E-state index contributed by atoms with van der Waals surface area (Å²) in [4.78, 5) is 5.78. The van der Waals surface area contributed by atoms with E-state index in [9.17, 15) is 8.42 Å². The number of likely N-dealkylation sites (N-methyl/N-ethyl adjacent to an activating group) is 1. The Hall–Kier alpha value is -1.18. The van der Waals surface area contributed by atoms with Gasteiger partial charge in [-0.2, -0.15) is 0 Å². The molecule has 0 saturated heterocycles. The molecule has 96 valence electrons. The maximum atomic E-state index is 11.9. The Balaban J connectivity index is 2.67. The highest BCUT2D eigenvalue weighted by molar-refractivity contribution is 7.89. The molecular formula is C10H18N4O2S. The first-order valence-corrected chi connectivity index (χ1v) is 6.84. The first kappa shape index (κ1) is 13.9. The van der Waals surface area contributed by atoms with Gasteiger partial charge in [-0.15, -0.1) is 0 Å². The molecule has 0 amide bonds. The zero-order valence-electron chi connectivity index (χ0n) is 10.0. The van der Waals surface area contributed by atoms with Gasteiger partial charge in [0.25, 0.3) is 10.0 Å². The Morgan fingerprint density at radius 1 is 1.53 bits per heavy atom. The number of hydrogen-bond acceptors (Lipinski definition) is 5. The summed E-state index contributed by atoms with van der Waals surface area (Å²) in [5.41, 5.74) is 5.73. The zero-order valence-corrected chi connectivity index (χ0v) is 10.9. The topological polar surface area (TPSA) is 88.3 Å². The van der Waals surface area contributed by atoms with E-state index in [1.54, 1.807) is 6.07 Å². The third kappa shape index (κ3) is 3.95. The molecule has 6 nitrogen and oxygen atoms in total. The Bertz CT molecular complexity index is 461. The number of pyridine rings is 1. The van der Waals surface area contributed by atoms with Crippen molar-refractivity contribution in [2.75, 3.05) is 32.4 Å². The minimum absolute atomic E-state index is 0.112. The van der Waals surface area contributed by atoms with E-state index in [2.05, 4.69) is 9.71 Å². The highest BCUT2D eigenvalue weighted by Crippen LogP contribution is 2.12. The number of nitrogens with two attached hydrogens (primary N) is 1. The maximum Gasteiger partial charge on any atom is 0.260 e. The van der Waals surface area contributed by atoms with Gasteiger partial charge in [0.1, 0.15) is 0 Å². The molecule has 0 bridgehead atoms. The number of nitrogen functional groups attached to an aromatic ring is 1. The summed E-state index contributed by atoms with van der Waals surface area (Å²) in [7, 11) is -1.69. The second kappa shape index (κ2) is 5.95. The standard InChI is InChI=1S/C10H18N4O2S/c1-3-14(2)8-7-13-17(15,16)10-9(11)5-4-6-12-10/h4-6,13H,3,7-8,11H2,1-2H3. The lowest BCUT2D eigenvalue weighted by atomic mass is 10.4. The lowest BCUT2D eigenvalue weighted by Crippen LogP contribution is -2.33. The van der Waals surface area contributed by atoms with Crippen LogP contribution in [0.2, 0.25) is 0 Å². The van der Waals surface area contributed by atoms with Crippen LogP contribution in [0.1, 0.15) is 6.92 Å². The zero-order chi connectivity index (χ0) is 12.9. The van der Waals surface area contributed by atoms with Crippen LogP contribution in [-0.4, -0.2) is 45.0 Å². The summed E-state index contributed by atoms with van der Waals surface area (Å²) >= 11 is 0. The van der Waals surface area contributed by atoms with Crippen molar-refractivity contribution in [3.8, 4) is 0 Å². The monoisotopic (exact) mass is 258 g/mol. The number of nitrogens with one attached hydrogen (secondary N) is 1. The summed E-state index contributed by atoms with van der Waals surface area (Å²) in [5.74, 6) is 0. The van der Waals surface area contributed by atoms with Crippen molar-refractivity contribution < 1.29 is 8.42 Å². The van der Waals surface area contributed by atoms with E-state index in [1.807, 2.05) is 18.9 Å². The normalized spacial score (nSPS) is 11.9. The van der Waals surface area contributed by atoms with Crippen LogP contribution in [0.25, 0.3) is 0 Å². The van der Waals surface area contributed by atoms with Gasteiger partial charge >= 0.3 is 0 Å². The van der Waals surface area contributed by atoms with Gasteiger partial charge in [0.2, 0.25) is 0 Å². The van der Waals surface area contributed by atoms with Crippen molar-refractivity contribution >= 4 is 15.7 Å². The molecule has 7 heteroatoms. The Kier molecular flexibility index (Phi) is 4.86. The van der Waals surface area contributed by atoms with Crippen LogP contribution in [0.4, 0.5) is 5.69 Å². The van der Waals surface area contributed by atoms with Crippen LogP contribution in [0.15, 0.2) is 23.4 Å². The molecule has 0 aromatic carbocycles. The number of aromatic nitrogens is 1. The average molecular weight is 258 g/mol. The number of anilines is 1. The first-order chi connectivity index (χ1) is 7.97. The van der Waals surface area contributed by atoms with Crippen LogP contribution < -0.4 is 10.5 Å². The molecule has 1 rings (SSSR count). The van der Waals surface area contributed by atoms with Crippen molar-refractivity contribution in [1.29, 1.82) is 0 Å². The molecule has 0 aliphatic rings. The molecule has 3 N–H and O–H groups in total. The number of rotatable bonds is 6. The highest BCUT2D eigenvalue weighted by Gasteiger charge is 2.17. The second-order valence-corrected chi connectivity index (χ2v) is 5.37. The molecule has 0 atom stereocenters. The highest BCUT2D eigenvalue weighted by atomic mass is 32.2. The van der Waals surface area contributed by atoms with E-state index >= 15 is 0 Å². The van der Waals surface area contributed by atoms with Crippen LogP contribution in [0.5, 0.6) is 0 Å². The van der Waals surface area contributed by atoms with Gasteiger partial charge in [-0.3, -0.25) is 0 Å². The molecular weight excluding hydrogens is 240 g/mol. The molecule has 1 aromatic heterocycles. The molecule has 1 heterocycles. The van der Waals surface area contributed by atoms with E-state index in [0.29, 0.717) is 13.1 Å². The second-order valence-electron chi connectivity index (χ2n) is 3.69. The molecule has 0 saturated carbocycles. The van der Waals surface area contributed by atoms with Crippen molar-refractivity contribution in [2.45, 2.75) is 11.9 Å². The fourth-order valence-electron chi connectivity index (χ4n) is 1.23. The van der Waals surface area contributed by atoms with E-state index in [0.717, 1.165) is 6.54 Å². The fourth-order valence-corrected chi connectivity index (χ4v) is 2.30. The average Bonchev–Trinajstić information content (AvgIpc) is 2.28.